The smallest absolute Gasteiger partial charge is 0.225 e. The Balaban J connectivity index is 1.99. The van der Waals surface area contributed by atoms with Gasteiger partial charge in [-0.25, -0.2) is 4.98 Å². The van der Waals surface area contributed by atoms with Crippen molar-refractivity contribution < 1.29 is 5.11 Å². The van der Waals surface area contributed by atoms with Gasteiger partial charge in [0.15, 0.2) is 0 Å². The fourth-order valence-corrected chi connectivity index (χ4v) is 2.39. The van der Waals surface area contributed by atoms with Gasteiger partial charge in [0.05, 0.1) is 23.0 Å². The molecule has 0 fully saturated rings. The summed E-state index contributed by atoms with van der Waals surface area (Å²) in [5.74, 6) is 1.01. The van der Waals surface area contributed by atoms with E-state index in [-0.39, 0.29) is 12.6 Å². The van der Waals surface area contributed by atoms with Crippen molar-refractivity contribution in [2.75, 3.05) is 17.2 Å². The SMILES string of the molecule is C[C@@H](CO)Nc1nc(Nc2ccccc2Cl)cc(-c2cccnc2)n1. The van der Waals surface area contributed by atoms with Gasteiger partial charge in [-0.1, -0.05) is 23.7 Å². The molecule has 0 bridgehead atoms. The van der Waals surface area contributed by atoms with Crippen LogP contribution < -0.4 is 10.6 Å². The van der Waals surface area contributed by atoms with Crippen molar-refractivity contribution >= 4 is 29.1 Å². The summed E-state index contributed by atoms with van der Waals surface area (Å²) >= 11 is 6.21. The predicted octanol–water partition coefficient (Wildman–Crippen LogP) is 3.73. The third-order valence-corrected chi connectivity index (χ3v) is 3.80. The molecule has 0 spiro atoms. The lowest BCUT2D eigenvalue weighted by Crippen LogP contribution is -2.21. The van der Waals surface area contributed by atoms with Crippen molar-refractivity contribution in [3.63, 3.8) is 0 Å². The van der Waals surface area contributed by atoms with Crippen LogP contribution in [0.1, 0.15) is 6.92 Å². The van der Waals surface area contributed by atoms with Crippen LogP contribution in [0, 0.1) is 0 Å². The summed E-state index contributed by atoms with van der Waals surface area (Å²) in [4.78, 5) is 13.1. The zero-order valence-corrected chi connectivity index (χ0v) is 14.4. The topological polar surface area (TPSA) is 83.0 Å². The van der Waals surface area contributed by atoms with E-state index in [1.807, 2.05) is 43.3 Å². The highest BCUT2D eigenvalue weighted by Gasteiger charge is 2.10. The lowest BCUT2D eigenvalue weighted by molar-refractivity contribution is 0.281. The molecule has 0 amide bonds. The molecule has 0 aliphatic heterocycles. The highest BCUT2D eigenvalue weighted by Crippen LogP contribution is 2.27. The lowest BCUT2D eigenvalue weighted by Gasteiger charge is -2.14. The van der Waals surface area contributed by atoms with Gasteiger partial charge in [-0.15, -0.1) is 0 Å². The van der Waals surface area contributed by atoms with Crippen LogP contribution in [0.3, 0.4) is 0 Å². The number of anilines is 3. The number of aliphatic hydroxyl groups excluding tert-OH is 1. The third kappa shape index (κ3) is 4.43. The Labute approximate surface area is 150 Å². The second kappa shape index (κ2) is 7.92. The highest BCUT2D eigenvalue weighted by atomic mass is 35.5. The maximum atomic E-state index is 9.26. The van der Waals surface area contributed by atoms with E-state index in [4.69, 9.17) is 11.6 Å². The molecule has 128 valence electrons. The molecule has 3 aromatic rings. The van der Waals surface area contributed by atoms with Crippen LogP contribution in [0.2, 0.25) is 5.02 Å². The second-order valence-electron chi connectivity index (χ2n) is 5.54. The molecule has 0 radical (unpaired) electrons. The Kier molecular flexibility index (Phi) is 5.42. The van der Waals surface area contributed by atoms with Crippen LogP contribution in [0.5, 0.6) is 0 Å². The zero-order chi connectivity index (χ0) is 17.6. The highest BCUT2D eigenvalue weighted by molar-refractivity contribution is 6.33. The van der Waals surface area contributed by atoms with Crippen molar-refractivity contribution in [3.8, 4) is 11.3 Å². The van der Waals surface area contributed by atoms with E-state index in [0.29, 0.717) is 22.5 Å². The molecule has 6 nitrogen and oxygen atoms in total. The quantitative estimate of drug-likeness (QED) is 0.625. The second-order valence-corrected chi connectivity index (χ2v) is 5.94. The van der Waals surface area contributed by atoms with E-state index < -0.39 is 0 Å². The number of hydrogen-bond donors (Lipinski definition) is 3. The molecule has 1 atom stereocenters. The molecule has 3 rings (SSSR count). The number of aromatic nitrogens is 3. The largest absolute Gasteiger partial charge is 0.394 e. The first-order valence-electron chi connectivity index (χ1n) is 7.84. The van der Waals surface area contributed by atoms with Crippen LogP contribution in [0.25, 0.3) is 11.3 Å². The summed E-state index contributed by atoms with van der Waals surface area (Å²) in [7, 11) is 0. The minimum absolute atomic E-state index is 0.0201. The Hall–Kier alpha value is -2.70. The van der Waals surface area contributed by atoms with E-state index in [1.165, 1.54) is 0 Å². The van der Waals surface area contributed by atoms with Crippen molar-refractivity contribution in [1.29, 1.82) is 0 Å². The average molecular weight is 356 g/mol. The monoisotopic (exact) mass is 355 g/mol. The number of nitrogens with one attached hydrogen (secondary N) is 2. The fourth-order valence-electron chi connectivity index (χ4n) is 2.20. The van der Waals surface area contributed by atoms with Crippen LogP contribution in [-0.4, -0.2) is 32.7 Å². The number of rotatable bonds is 6. The number of benzene rings is 1. The van der Waals surface area contributed by atoms with Crippen LogP contribution in [0.15, 0.2) is 54.9 Å². The first-order valence-corrected chi connectivity index (χ1v) is 8.22. The molecule has 0 unspecified atom stereocenters. The Morgan fingerprint density at radius 2 is 2.00 bits per heavy atom. The minimum atomic E-state index is -0.169. The summed E-state index contributed by atoms with van der Waals surface area (Å²) in [5, 5.41) is 16.1. The van der Waals surface area contributed by atoms with E-state index in [9.17, 15) is 5.11 Å². The summed E-state index contributed by atoms with van der Waals surface area (Å²) in [6.07, 6.45) is 3.45. The van der Waals surface area contributed by atoms with Gasteiger partial charge in [0.25, 0.3) is 0 Å². The molecule has 1 aromatic carbocycles. The van der Waals surface area contributed by atoms with Gasteiger partial charge < -0.3 is 15.7 Å². The van der Waals surface area contributed by atoms with E-state index in [2.05, 4.69) is 25.6 Å². The van der Waals surface area contributed by atoms with Crippen LogP contribution in [0.4, 0.5) is 17.5 Å². The van der Waals surface area contributed by atoms with Crippen LogP contribution >= 0.6 is 11.6 Å². The first kappa shape index (κ1) is 17.1. The van der Waals surface area contributed by atoms with Crippen molar-refractivity contribution in [3.05, 3.63) is 59.9 Å². The van der Waals surface area contributed by atoms with Gasteiger partial charge in [-0.2, -0.15) is 4.98 Å². The number of pyridine rings is 1. The molecule has 3 N–H and O–H groups in total. The van der Waals surface area contributed by atoms with Gasteiger partial charge in [0, 0.05) is 30.1 Å². The number of nitrogens with zero attached hydrogens (tertiary/aromatic N) is 3. The Bertz CT molecular complexity index is 844. The molecule has 7 heteroatoms. The summed E-state index contributed by atoms with van der Waals surface area (Å²) in [6.45, 7) is 1.83. The van der Waals surface area contributed by atoms with Crippen molar-refractivity contribution in [2.24, 2.45) is 0 Å². The number of aliphatic hydroxyl groups is 1. The molecule has 2 heterocycles. The summed E-state index contributed by atoms with van der Waals surface area (Å²) < 4.78 is 0. The number of hydrogen-bond acceptors (Lipinski definition) is 6. The van der Waals surface area contributed by atoms with E-state index in [0.717, 1.165) is 11.3 Å². The number of halogens is 1. The normalized spacial score (nSPS) is 11.8. The maximum Gasteiger partial charge on any atom is 0.225 e. The predicted molar refractivity (Wildman–Crippen MR) is 100 cm³/mol. The van der Waals surface area contributed by atoms with Gasteiger partial charge in [0.2, 0.25) is 5.95 Å². The molecule has 0 saturated heterocycles. The molecule has 2 aromatic heterocycles. The molecular formula is C18H18ClN5O. The third-order valence-electron chi connectivity index (χ3n) is 3.47. The summed E-state index contributed by atoms with van der Waals surface area (Å²) in [5.41, 5.74) is 2.33. The minimum Gasteiger partial charge on any atom is -0.394 e. The summed E-state index contributed by atoms with van der Waals surface area (Å²) in [6, 6.07) is 12.9. The van der Waals surface area contributed by atoms with Gasteiger partial charge in [-0.3, -0.25) is 4.98 Å². The molecule has 25 heavy (non-hydrogen) atoms. The van der Waals surface area contributed by atoms with Gasteiger partial charge in [0.1, 0.15) is 5.82 Å². The molecule has 0 saturated carbocycles. The van der Waals surface area contributed by atoms with Crippen molar-refractivity contribution in [1.82, 2.24) is 15.0 Å². The Morgan fingerprint density at radius 1 is 1.16 bits per heavy atom. The lowest BCUT2D eigenvalue weighted by atomic mass is 10.2. The van der Waals surface area contributed by atoms with E-state index in [1.54, 1.807) is 18.5 Å². The van der Waals surface area contributed by atoms with Crippen LogP contribution in [-0.2, 0) is 0 Å². The van der Waals surface area contributed by atoms with E-state index >= 15 is 0 Å². The number of para-hydroxylation sites is 1. The van der Waals surface area contributed by atoms with Gasteiger partial charge in [-0.05, 0) is 31.2 Å². The first-order chi connectivity index (χ1) is 12.2. The fraction of sp³-hybridized carbons (Fsp3) is 0.167. The zero-order valence-electron chi connectivity index (χ0n) is 13.6. The van der Waals surface area contributed by atoms with Crippen molar-refractivity contribution in [2.45, 2.75) is 13.0 Å². The average Bonchev–Trinajstić information content (AvgIpc) is 2.64. The molecule has 0 aliphatic carbocycles. The Morgan fingerprint density at radius 3 is 2.72 bits per heavy atom. The standard InChI is InChI=1S/C18H18ClN5O/c1-12(11-25)21-18-23-16(13-5-4-8-20-10-13)9-17(24-18)22-15-7-3-2-6-14(15)19/h2-10,12,25H,11H2,1H3,(H2,21,22,23,24)/t12-/m0/s1. The maximum absolute atomic E-state index is 9.26. The van der Waals surface area contributed by atoms with Gasteiger partial charge >= 0.3 is 0 Å². The molecular weight excluding hydrogens is 338 g/mol. The molecule has 0 aliphatic rings.